The van der Waals surface area contributed by atoms with Gasteiger partial charge in [0, 0.05) is 33.1 Å². The lowest BCUT2D eigenvalue weighted by atomic mass is 9.93. The van der Waals surface area contributed by atoms with Crippen LogP contribution in [0.1, 0.15) is 34.6 Å². The van der Waals surface area contributed by atoms with E-state index in [2.05, 4.69) is 10.6 Å². The average Bonchev–Trinajstić information content (AvgIpc) is 2.36. The Kier molecular flexibility index (Phi) is 3.30. The molecule has 0 unspecified atom stereocenters. The molecule has 0 saturated carbocycles. The number of imide groups is 1. The number of anilines is 1. The van der Waals surface area contributed by atoms with E-state index in [9.17, 15) is 9.59 Å². The molecule has 108 valence electrons. The van der Waals surface area contributed by atoms with Crippen molar-refractivity contribution in [1.82, 2.24) is 5.32 Å². The Hall–Kier alpha value is -1.78. The van der Waals surface area contributed by atoms with Crippen LogP contribution < -0.4 is 10.6 Å². The molecule has 3 rings (SSSR count). The summed E-state index contributed by atoms with van der Waals surface area (Å²) in [4.78, 5) is 24.2. The molecule has 4 nitrogen and oxygen atoms in total. The molecule has 0 saturated heterocycles. The number of rotatable bonds is 2. The number of amides is 2. The van der Waals surface area contributed by atoms with E-state index in [1.54, 1.807) is 18.2 Å². The van der Waals surface area contributed by atoms with E-state index < -0.39 is 11.8 Å². The highest BCUT2D eigenvalue weighted by Gasteiger charge is 2.29. The largest absolute Gasteiger partial charge is 0.382 e. The molecule has 2 aromatic rings. The predicted octanol–water partition coefficient (Wildman–Crippen LogP) is 3.85. The molecule has 2 N–H and O–H groups in total. The summed E-state index contributed by atoms with van der Waals surface area (Å²) in [6, 6.07) is 5.00. The number of carbonyl (C=O) groups is 2. The Balaban J connectivity index is 2.48. The second-order valence-electron chi connectivity index (χ2n) is 5.21. The third kappa shape index (κ3) is 2.15. The number of hydrogen-bond donors (Lipinski definition) is 2. The van der Waals surface area contributed by atoms with Gasteiger partial charge in [0.1, 0.15) is 0 Å². The number of hydrogen-bond acceptors (Lipinski definition) is 3. The van der Waals surface area contributed by atoms with Crippen molar-refractivity contribution in [3.05, 3.63) is 39.4 Å². The van der Waals surface area contributed by atoms with Gasteiger partial charge in [0.2, 0.25) is 0 Å². The molecule has 1 aliphatic heterocycles. The lowest BCUT2D eigenvalue weighted by Gasteiger charge is -2.22. The minimum atomic E-state index is -0.445. The van der Waals surface area contributed by atoms with Gasteiger partial charge in [0.25, 0.3) is 11.8 Å². The minimum absolute atomic E-state index is 0.114. The average molecular weight is 323 g/mol. The van der Waals surface area contributed by atoms with Crippen molar-refractivity contribution in [2.45, 2.75) is 19.9 Å². The van der Waals surface area contributed by atoms with Gasteiger partial charge < -0.3 is 5.32 Å². The van der Waals surface area contributed by atoms with E-state index in [0.29, 0.717) is 37.6 Å². The lowest BCUT2D eigenvalue weighted by molar-refractivity contribution is 0.0845. The first kappa shape index (κ1) is 14.2. The number of halogens is 2. The van der Waals surface area contributed by atoms with Crippen LogP contribution in [0.5, 0.6) is 0 Å². The maximum absolute atomic E-state index is 12.2. The minimum Gasteiger partial charge on any atom is -0.382 e. The van der Waals surface area contributed by atoms with Crippen molar-refractivity contribution in [1.29, 1.82) is 0 Å². The van der Waals surface area contributed by atoms with Gasteiger partial charge in [0.15, 0.2) is 0 Å². The molecule has 0 bridgehead atoms. The van der Waals surface area contributed by atoms with Crippen molar-refractivity contribution in [3.63, 3.8) is 0 Å². The molecule has 0 radical (unpaired) electrons. The normalized spacial score (nSPS) is 13.8. The third-order valence-corrected chi connectivity index (χ3v) is 3.94. The summed E-state index contributed by atoms with van der Waals surface area (Å²) in [6.45, 7) is 3.91. The van der Waals surface area contributed by atoms with E-state index >= 15 is 0 Å². The lowest BCUT2D eigenvalue weighted by Crippen LogP contribution is -2.35. The number of carbonyl (C=O) groups excluding carboxylic acids is 2. The van der Waals surface area contributed by atoms with Gasteiger partial charge in [-0.15, -0.1) is 0 Å². The molecule has 0 aliphatic carbocycles. The highest BCUT2D eigenvalue weighted by molar-refractivity contribution is 6.45. The molecule has 1 heterocycles. The van der Waals surface area contributed by atoms with E-state index in [1.807, 2.05) is 13.8 Å². The van der Waals surface area contributed by atoms with E-state index in [0.717, 1.165) is 0 Å². The Morgan fingerprint density at radius 3 is 2.43 bits per heavy atom. The van der Waals surface area contributed by atoms with Crippen molar-refractivity contribution in [2.75, 3.05) is 5.32 Å². The van der Waals surface area contributed by atoms with Crippen molar-refractivity contribution in [2.24, 2.45) is 0 Å². The molecule has 6 heteroatoms. The van der Waals surface area contributed by atoms with Crippen LogP contribution in [-0.4, -0.2) is 17.9 Å². The molecule has 21 heavy (non-hydrogen) atoms. The third-order valence-electron chi connectivity index (χ3n) is 3.33. The summed E-state index contributed by atoms with van der Waals surface area (Å²) in [7, 11) is 0. The Bertz CT molecular complexity index is 800. The molecular formula is C15H12Cl2N2O2. The van der Waals surface area contributed by atoms with Gasteiger partial charge in [-0.3, -0.25) is 14.9 Å². The van der Waals surface area contributed by atoms with Gasteiger partial charge in [0.05, 0.1) is 10.6 Å². The number of benzene rings is 2. The summed E-state index contributed by atoms with van der Waals surface area (Å²) in [6.07, 6.45) is 0. The first-order valence-corrected chi connectivity index (χ1v) is 7.22. The first-order valence-electron chi connectivity index (χ1n) is 6.47. The Morgan fingerprint density at radius 1 is 1.05 bits per heavy atom. The Morgan fingerprint density at radius 2 is 1.76 bits per heavy atom. The molecule has 0 fully saturated rings. The fourth-order valence-electron chi connectivity index (χ4n) is 2.56. The predicted molar refractivity (Wildman–Crippen MR) is 84.5 cm³/mol. The monoisotopic (exact) mass is 322 g/mol. The van der Waals surface area contributed by atoms with Crippen LogP contribution in [0.2, 0.25) is 10.0 Å². The second kappa shape index (κ2) is 4.90. The van der Waals surface area contributed by atoms with Gasteiger partial charge in [-0.1, -0.05) is 23.2 Å². The zero-order valence-electron chi connectivity index (χ0n) is 11.4. The molecule has 2 amide bonds. The summed E-state index contributed by atoms with van der Waals surface area (Å²) >= 11 is 12.5. The van der Waals surface area contributed by atoms with Crippen molar-refractivity contribution in [3.8, 4) is 0 Å². The van der Waals surface area contributed by atoms with E-state index in [4.69, 9.17) is 23.2 Å². The molecular weight excluding hydrogens is 311 g/mol. The zero-order valence-corrected chi connectivity index (χ0v) is 12.9. The summed E-state index contributed by atoms with van der Waals surface area (Å²) in [5.74, 6) is -0.883. The second-order valence-corrected chi connectivity index (χ2v) is 6.02. The standard InChI is InChI=1S/C15H12Cl2N2O2/c1-6(2)18-10-5-9(17)12-8(16)4-3-7-11(12)13(10)15(21)19-14(7)20/h3-6,18H,1-2H3,(H,19,20,21). The van der Waals surface area contributed by atoms with Crippen LogP contribution in [0.3, 0.4) is 0 Å². The summed E-state index contributed by atoms with van der Waals surface area (Å²) < 4.78 is 0. The SMILES string of the molecule is CC(C)Nc1cc(Cl)c2c(Cl)ccc3c2c1C(=O)NC3=O. The molecule has 0 spiro atoms. The maximum atomic E-state index is 12.2. The molecule has 0 atom stereocenters. The topological polar surface area (TPSA) is 58.2 Å². The van der Waals surface area contributed by atoms with Crippen LogP contribution in [0.25, 0.3) is 10.8 Å². The number of nitrogens with one attached hydrogen (secondary N) is 2. The molecule has 1 aliphatic rings. The summed E-state index contributed by atoms with van der Waals surface area (Å²) in [5, 5.41) is 7.39. The smallest absolute Gasteiger partial charge is 0.260 e. The van der Waals surface area contributed by atoms with Crippen LogP contribution in [0.15, 0.2) is 18.2 Å². The van der Waals surface area contributed by atoms with Crippen LogP contribution in [0, 0.1) is 0 Å². The first-order chi connectivity index (χ1) is 9.90. The van der Waals surface area contributed by atoms with Gasteiger partial charge in [-0.2, -0.15) is 0 Å². The van der Waals surface area contributed by atoms with E-state index in [-0.39, 0.29) is 6.04 Å². The molecule has 0 aromatic heterocycles. The zero-order chi connectivity index (χ0) is 15.3. The van der Waals surface area contributed by atoms with Gasteiger partial charge in [-0.05, 0) is 32.0 Å². The summed E-state index contributed by atoms with van der Waals surface area (Å²) in [5.41, 5.74) is 1.40. The van der Waals surface area contributed by atoms with Gasteiger partial charge in [-0.25, -0.2) is 0 Å². The fourth-order valence-corrected chi connectivity index (χ4v) is 3.17. The van der Waals surface area contributed by atoms with Crippen LogP contribution >= 0.6 is 23.2 Å². The van der Waals surface area contributed by atoms with Crippen LogP contribution in [0.4, 0.5) is 5.69 Å². The Labute approximate surface area is 131 Å². The maximum Gasteiger partial charge on any atom is 0.260 e. The highest BCUT2D eigenvalue weighted by Crippen LogP contribution is 2.40. The highest BCUT2D eigenvalue weighted by atomic mass is 35.5. The quantitative estimate of drug-likeness (QED) is 0.825. The van der Waals surface area contributed by atoms with Gasteiger partial charge >= 0.3 is 0 Å². The van der Waals surface area contributed by atoms with Crippen molar-refractivity contribution < 1.29 is 9.59 Å². The fraction of sp³-hybridized carbons (Fsp3) is 0.200. The molecule has 2 aromatic carbocycles. The van der Waals surface area contributed by atoms with E-state index in [1.165, 1.54) is 0 Å². The van der Waals surface area contributed by atoms with Crippen molar-refractivity contribution >= 4 is 51.5 Å². The van der Waals surface area contributed by atoms with Crippen LogP contribution in [-0.2, 0) is 0 Å².